The molecular formula is C25H21N5O. The summed E-state index contributed by atoms with van der Waals surface area (Å²) in [5.41, 5.74) is 5.54. The van der Waals surface area contributed by atoms with Crippen LogP contribution in [0.3, 0.4) is 0 Å². The molecule has 6 nitrogen and oxygen atoms in total. The molecule has 1 atom stereocenters. The highest BCUT2D eigenvalue weighted by atomic mass is 16.2. The van der Waals surface area contributed by atoms with Gasteiger partial charge in [0.05, 0.1) is 11.4 Å². The van der Waals surface area contributed by atoms with E-state index in [1.54, 1.807) is 6.20 Å². The SMILES string of the molecule is Cc1cccc(NC(=O)NC2N=C(c3ccccc3)c3ccccc3-n3ccnc32)c1. The summed E-state index contributed by atoms with van der Waals surface area (Å²) in [5.74, 6) is 0.651. The number of nitrogens with one attached hydrogen (secondary N) is 2. The maximum atomic E-state index is 12.8. The van der Waals surface area contributed by atoms with Gasteiger partial charge in [-0.25, -0.2) is 9.78 Å². The number of aryl methyl sites for hydroxylation is 1. The predicted octanol–water partition coefficient (Wildman–Crippen LogP) is 4.85. The second-order valence-electron chi connectivity index (χ2n) is 7.39. The molecule has 2 heterocycles. The summed E-state index contributed by atoms with van der Waals surface area (Å²) in [5, 5.41) is 5.88. The third kappa shape index (κ3) is 3.71. The van der Waals surface area contributed by atoms with Gasteiger partial charge in [-0.15, -0.1) is 0 Å². The van der Waals surface area contributed by atoms with E-state index in [1.807, 2.05) is 96.6 Å². The topological polar surface area (TPSA) is 71.3 Å². The van der Waals surface area contributed by atoms with E-state index in [-0.39, 0.29) is 6.03 Å². The van der Waals surface area contributed by atoms with Crippen LogP contribution in [0.25, 0.3) is 5.69 Å². The van der Waals surface area contributed by atoms with Crippen molar-refractivity contribution in [1.82, 2.24) is 14.9 Å². The van der Waals surface area contributed by atoms with Crippen LogP contribution < -0.4 is 10.6 Å². The van der Waals surface area contributed by atoms with E-state index in [1.165, 1.54) is 0 Å². The van der Waals surface area contributed by atoms with E-state index in [0.29, 0.717) is 5.82 Å². The van der Waals surface area contributed by atoms with Gasteiger partial charge in [0.1, 0.15) is 0 Å². The number of hydrogen-bond acceptors (Lipinski definition) is 3. The lowest BCUT2D eigenvalue weighted by Gasteiger charge is -2.15. The number of benzene rings is 3. The molecule has 0 fully saturated rings. The lowest BCUT2D eigenvalue weighted by atomic mass is 10.0. The fourth-order valence-electron chi connectivity index (χ4n) is 3.80. The Bertz CT molecular complexity index is 1280. The number of nitrogens with zero attached hydrogens (tertiary/aromatic N) is 3. The lowest BCUT2D eigenvalue weighted by Crippen LogP contribution is -2.33. The van der Waals surface area contributed by atoms with Gasteiger partial charge in [0.25, 0.3) is 0 Å². The number of carbonyl (C=O) groups is 1. The number of anilines is 1. The van der Waals surface area contributed by atoms with Crippen LogP contribution in [-0.2, 0) is 0 Å². The van der Waals surface area contributed by atoms with Gasteiger partial charge < -0.3 is 10.6 Å². The van der Waals surface area contributed by atoms with Gasteiger partial charge in [-0.1, -0.05) is 60.7 Å². The third-order valence-corrected chi connectivity index (χ3v) is 5.18. The molecule has 0 saturated heterocycles. The van der Waals surface area contributed by atoms with Crippen molar-refractivity contribution in [2.24, 2.45) is 4.99 Å². The van der Waals surface area contributed by atoms with Crippen molar-refractivity contribution in [3.63, 3.8) is 0 Å². The van der Waals surface area contributed by atoms with E-state index in [9.17, 15) is 4.79 Å². The van der Waals surface area contributed by atoms with Crippen LogP contribution in [0, 0.1) is 6.92 Å². The van der Waals surface area contributed by atoms with E-state index in [2.05, 4.69) is 15.6 Å². The third-order valence-electron chi connectivity index (χ3n) is 5.18. The van der Waals surface area contributed by atoms with Crippen LogP contribution in [0.5, 0.6) is 0 Å². The maximum absolute atomic E-state index is 12.8. The molecule has 6 heteroatoms. The molecule has 0 saturated carbocycles. The number of urea groups is 1. The van der Waals surface area contributed by atoms with Gasteiger partial charge in [-0.2, -0.15) is 0 Å². The molecule has 0 radical (unpaired) electrons. The summed E-state index contributed by atoms with van der Waals surface area (Å²) in [6, 6.07) is 25.4. The van der Waals surface area contributed by atoms with Crippen molar-refractivity contribution < 1.29 is 4.79 Å². The molecule has 0 spiro atoms. The van der Waals surface area contributed by atoms with E-state index < -0.39 is 6.17 Å². The number of para-hydroxylation sites is 1. The summed E-state index contributed by atoms with van der Waals surface area (Å²) in [6.45, 7) is 1.98. The van der Waals surface area contributed by atoms with Gasteiger partial charge in [0, 0.05) is 29.2 Å². The standard InChI is InChI=1S/C25H21N5O/c1-17-8-7-11-19(16-17)27-25(31)29-23-24-26-14-15-30(24)21-13-6-5-12-20(21)22(28-23)18-9-3-2-4-10-18/h2-16,23H,1H3,(H2,27,29,31). The van der Waals surface area contributed by atoms with Crippen LogP contribution in [0.4, 0.5) is 10.5 Å². The number of imidazole rings is 1. The second kappa shape index (κ2) is 7.91. The molecule has 5 rings (SSSR count). The summed E-state index contributed by atoms with van der Waals surface area (Å²) >= 11 is 0. The van der Waals surface area contributed by atoms with E-state index in [4.69, 9.17) is 4.99 Å². The number of amides is 2. The molecule has 1 aromatic heterocycles. The first-order valence-corrected chi connectivity index (χ1v) is 10.1. The predicted molar refractivity (Wildman–Crippen MR) is 122 cm³/mol. The fourth-order valence-corrected chi connectivity index (χ4v) is 3.80. The summed E-state index contributed by atoms with van der Waals surface area (Å²) in [6.07, 6.45) is 2.97. The average Bonchev–Trinajstić information content (AvgIpc) is 3.23. The lowest BCUT2D eigenvalue weighted by molar-refractivity contribution is 0.248. The largest absolute Gasteiger partial charge is 0.321 e. The van der Waals surface area contributed by atoms with Crippen LogP contribution in [0.1, 0.15) is 28.7 Å². The molecule has 1 aliphatic rings. The maximum Gasteiger partial charge on any atom is 0.321 e. The highest BCUT2D eigenvalue weighted by Gasteiger charge is 2.26. The zero-order valence-corrected chi connectivity index (χ0v) is 17.0. The minimum atomic E-state index is -0.651. The van der Waals surface area contributed by atoms with E-state index in [0.717, 1.165) is 33.8 Å². The van der Waals surface area contributed by atoms with Crippen molar-refractivity contribution in [3.05, 3.63) is 114 Å². The number of hydrogen-bond donors (Lipinski definition) is 2. The van der Waals surface area contributed by atoms with Crippen molar-refractivity contribution in [3.8, 4) is 5.69 Å². The summed E-state index contributed by atoms with van der Waals surface area (Å²) in [4.78, 5) is 22.3. The molecule has 4 aromatic rings. The highest BCUT2D eigenvalue weighted by molar-refractivity contribution is 6.15. The highest BCUT2D eigenvalue weighted by Crippen LogP contribution is 2.28. The van der Waals surface area contributed by atoms with Gasteiger partial charge in [-0.05, 0) is 30.7 Å². The molecule has 152 valence electrons. The number of fused-ring (bicyclic) bond motifs is 3. The molecule has 3 aromatic carbocycles. The Labute approximate surface area is 180 Å². The Balaban J connectivity index is 1.55. The van der Waals surface area contributed by atoms with Gasteiger partial charge >= 0.3 is 6.03 Å². The molecule has 0 aliphatic carbocycles. The van der Waals surface area contributed by atoms with Gasteiger partial charge in [0.2, 0.25) is 0 Å². The molecule has 2 N–H and O–H groups in total. The Hall–Kier alpha value is -4.19. The Kier molecular flexibility index (Phi) is 4.80. The monoisotopic (exact) mass is 407 g/mol. The minimum Gasteiger partial charge on any atom is -0.309 e. The molecule has 1 aliphatic heterocycles. The number of aromatic nitrogens is 2. The van der Waals surface area contributed by atoms with Crippen molar-refractivity contribution in [2.75, 3.05) is 5.32 Å². The molecule has 31 heavy (non-hydrogen) atoms. The van der Waals surface area contributed by atoms with Crippen LogP contribution in [-0.4, -0.2) is 21.3 Å². The number of aliphatic imine (C=N–C) groups is 1. The molecule has 2 amide bonds. The Morgan fingerprint density at radius 3 is 2.61 bits per heavy atom. The normalized spacial score (nSPS) is 14.6. The van der Waals surface area contributed by atoms with Crippen molar-refractivity contribution in [2.45, 2.75) is 13.1 Å². The first-order valence-electron chi connectivity index (χ1n) is 10.1. The van der Waals surface area contributed by atoms with Gasteiger partial charge in [-0.3, -0.25) is 9.56 Å². The zero-order valence-electron chi connectivity index (χ0n) is 17.0. The quantitative estimate of drug-likeness (QED) is 0.509. The van der Waals surface area contributed by atoms with Crippen LogP contribution in [0.2, 0.25) is 0 Å². The zero-order chi connectivity index (χ0) is 21.2. The second-order valence-corrected chi connectivity index (χ2v) is 7.39. The summed E-state index contributed by atoms with van der Waals surface area (Å²) < 4.78 is 1.98. The first-order chi connectivity index (χ1) is 15.2. The minimum absolute atomic E-state index is 0.340. The average molecular weight is 407 g/mol. The van der Waals surface area contributed by atoms with Crippen molar-refractivity contribution in [1.29, 1.82) is 0 Å². The number of carbonyl (C=O) groups excluding carboxylic acids is 1. The fraction of sp³-hybridized carbons (Fsp3) is 0.0800. The molecule has 0 bridgehead atoms. The summed E-state index contributed by atoms with van der Waals surface area (Å²) in [7, 11) is 0. The van der Waals surface area contributed by atoms with Crippen LogP contribution >= 0.6 is 0 Å². The Morgan fingerprint density at radius 1 is 0.968 bits per heavy atom. The number of rotatable bonds is 3. The van der Waals surface area contributed by atoms with Crippen molar-refractivity contribution >= 4 is 17.4 Å². The van der Waals surface area contributed by atoms with Crippen LogP contribution in [0.15, 0.2) is 96.2 Å². The smallest absolute Gasteiger partial charge is 0.309 e. The van der Waals surface area contributed by atoms with Gasteiger partial charge in [0.15, 0.2) is 12.0 Å². The Morgan fingerprint density at radius 2 is 1.77 bits per heavy atom. The first kappa shape index (κ1) is 18.8. The molecule has 1 unspecified atom stereocenters. The van der Waals surface area contributed by atoms with E-state index >= 15 is 0 Å². The molecular weight excluding hydrogens is 386 g/mol.